The highest BCUT2D eigenvalue weighted by atomic mass is 32.1. The Balaban J connectivity index is 2.01. The zero-order valence-electron chi connectivity index (χ0n) is 15.2. The maximum atomic E-state index is 12.4. The van der Waals surface area contributed by atoms with E-state index in [0.29, 0.717) is 11.4 Å². The molecular formula is C21H20N2O3S. The number of esters is 1. The standard InChI is InChI=1S/C21H20N2O3S/c1-3-26-20(25)15(2)23-17-11-7-8-12-18(17)27-21(23)22-19(24)14-13-16-9-5-4-6-10-16/h4-15H,3H2,1-2H3. The number of carbonyl (C=O) groups excluding carboxylic acids is 2. The van der Waals surface area contributed by atoms with Gasteiger partial charge in [0.1, 0.15) is 6.04 Å². The van der Waals surface area contributed by atoms with Crippen LogP contribution in [-0.2, 0) is 14.3 Å². The van der Waals surface area contributed by atoms with Crippen molar-refractivity contribution in [2.45, 2.75) is 19.9 Å². The highest BCUT2D eigenvalue weighted by Gasteiger charge is 2.20. The number of hydrogen-bond donors (Lipinski definition) is 0. The van der Waals surface area contributed by atoms with Crippen LogP contribution in [-0.4, -0.2) is 23.1 Å². The third kappa shape index (κ3) is 4.41. The molecule has 0 aliphatic heterocycles. The number of rotatable bonds is 5. The van der Waals surface area contributed by atoms with E-state index < -0.39 is 6.04 Å². The number of amides is 1. The molecule has 3 aromatic rings. The summed E-state index contributed by atoms with van der Waals surface area (Å²) in [5.74, 6) is -0.731. The van der Waals surface area contributed by atoms with Crippen molar-refractivity contribution in [3.8, 4) is 0 Å². The van der Waals surface area contributed by atoms with Crippen molar-refractivity contribution in [2.24, 2.45) is 4.99 Å². The molecule has 1 heterocycles. The van der Waals surface area contributed by atoms with E-state index in [2.05, 4.69) is 4.99 Å². The molecule has 0 aliphatic rings. The van der Waals surface area contributed by atoms with Crippen molar-refractivity contribution < 1.29 is 14.3 Å². The Morgan fingerprint density at radius 2 is 1.85 bits per heavy atom. The van der Waals surface area contributed by atoms with Gasteiger partial charge in [-0.2, -0.15) is 4.99 Å². The van der Waals surface area contributed by atoms with Crippen LogP contribution >= 0.6 is 11.3 Å². The number of carbonyl (C=O) groups is 2. The molecule has 0 bridgehead atoms. The quantitative estimate of drug-likeness (QED) is 0.497. The lowest BCUT2D eigenvalue weighted by molar-refractivity contribution is -0.146. The van der Waals surface area contributed by atoms with Gasteiger partial charge in [-0.1, -0.05) is 53.8 Å². The minimum absolute atomic E-state index is 0.303. The predicted octanol–water partition coefficient (Wildman–Crippen LogP) is 3.97. The summed E-state index contributed by atoms with van der Waals surface area (Å²) in [7, 11) is 0. The van der Waals surface area contributed by atoms with E-state index in [1.165, 1.54) is 17.4 Å². The number of para-hydroxylation sites is 1. The van der Waals surface area contributed by atoms with Crippen molar-refractivity contribution in [3.05, 3.63) is 71.0 Å². The minimum atomic E-state index is -0.578. The Hall–Kier alpha value is -2.99. The van der Waals surface area contributed by atoms with Gasteiger partial charge in [0.15, 0.2) is 4.80 Å². The second-order valence-corrected chi connectivity index (χ2v) is 6.85. The SMILES string of the molecule is CCOC(=O)C(C)n1c(=NC(=O)C=Cc2ccccc2)sc2ccccc21. The zero-order valence-corrected chi connectivity index (χ0v) is 16.0. The maximum absolute atomic E-state index is 12.4. The molecule has 0 saturated heterocycles. The van der Waals surface area contributed by atoms with Gasteiger partial charge in [-0.05, 0) is 37.6 Å². The molecule has 1 aromatic heterocycles. The molecule has 0 spiro atoms. The molecule has 2 aromatic carbocycles. The second kappa shape index (κ2) is 8.60. The van der Waals surface area contributed by atoms with Gasteiger partial charge in [-0.3, -0.25) is 4.79 Å². The van der Waals surface area contributed by atoms with Gasteiger partial charge in [-0.25, -0.2) is 4.79 Å². The number of fused-ring (bicyclic) bond motifs is 1. The molecule has 5 nitrogen and oxygen atoms in total. The van der Waals surface area contributed by atoms with Crippen molar-refractivity contribution in [2.75, 3.05) is 6.61 Å². The molecule has 27 heavy (non-hydrogen) atoms. The average molecular weight is 380 g/mol. The number of nitrogens with zero attached hydrogens (tertiary/aromatic N) is 2. The summed E-state index contributed by atoms with van der Waals surface area (Å²) in [6, 6.07) is 16.6. The van der Waals surface area contributed by atoms with Gasteiger partial charge >= 0.3 is 5.97 Å². The van der Waals surface area contributed by atoms with E-state index in [0.717, 1.165) is 15.8 Å². The zero-order chi connectivity index (χ0) is 19.2. The Bertz CT molecular complexity index is 1050. The normalized spacial score (nSPS) is 13.2. The monoisotopic (exact) mass is 380 g/mol. The first kappa shape index (κ1) is 18.8. The molecular weight excluding hydrogens is 360 g/mol. The van der Waals surface area contributed by atoms with E-state index in [-0.39, 0.29) is 11.9 Å². The van der Waals surface area contributed by atoms with E-state index in [4.69, 9.17) is 4.74 Å². The molecule has 6 heteroatoms. The topological polar surface area (TPSA) is 60.7 Å². The summed E-state index contributed by atoms with van der Waals surface area (Å²) < 4.78 is 7.85. The molecule has 0 aliphatic carbocycles. The predicted molar refractivity (Wildman–Crippen MR) is 107 cm³/mol. The molecule has 0 saturated carbocycles. The van der Waals surface area contributed by atoms with Gasteiger partial charge in [0.25, 0.3) is 5.91 Å². The lowest BCUT2D eigenvalue weighted by Crippen LogP contribution is -2.27. The molecule has 0 fully saturated rings. The van der Waals surface area contributed by atoms with Gasteiger partial charge in [0.2, 0.25) is 0 Å². The number of ether oxygens (including phenoxy) is 1. The van der Waals surface area contributed by atoms with Crippen LogP contribution in [0.3, 0.4) is 0 Å². The second-order valence-electron chi connectivity index (χ2n) is 5.84. The van der Waals surface area contributed by atoms with Crippen molar-refractivity contribution >= 4 is 39.5 Å². The van der Waals surface area contributed by atoms with Gasteiger partial charge in [-0.15, -0.1) is 0 Å². The average Bonchev–Trinajstić information content (AvgIpc) is 3.04. The summed E-state index contributed by atoms with van der Waals surface area (Å²) in [6.07, 6.45) is 3.15. The van der Waals surface area contributed by atoms with Crippen LogP contribution in [0.2, 0.25) is 0 Å². The van der Waals surface area contributed by atoms with Crippen molar-refractivity contribution in [3.63, 3.8) is 0 Å². The van der Waals surface area contributed by atoms with Crippen molar-refractivity contribution in [1.29, 1.82) is 0 Å². The summed E-state index contributed by atoms with van der Waals surface area (Å²) in [4.78, 5) is 29.3. The van der Waals surface area contributed by atoms with Crippen molar-refractivity contribution in [1.82, 2.24) is 4.57 Å². The Morgan fingerprint density at radius 1 is 1.15 bits per heavy atom. The first-order valence-electron chi connectivity index (χ1n) is 8.68. The van der Waals surface area contributed by atoms with Gasteiger partial charge in [0, 0.05) is 6.08 Å². The summed E-state index contributed by atoms with van der Waals surface area (Å²) in [5, 5.41) is 0. The molecule has 138 valence electrons. The van der Waals surface area contributed by atoms with Gasteiger partial charge in [0.05, 0.1) is 16.8 Å². The summed E-state index contributed by atoms with van der Waals surface area (Å²) in [6.45, 7) is 3.82. The van der Waals surface area contributed by atoms with Crippen LogP contribution in [0.5, 0.6) is 0 Å². The maximum Gasteiger partial charge on any atom is 0.328 e. The highest BCUT2D eigenvalue weighted by molar-refractivity contribution is 7.16. The number of benzene rings is 2. The molecule has 0 radical (unpaired) electrons. The number of thiazole rings is 1. The van der Waals surface area contributed by atoms with Crippen LogP contribution in [0.4, 0.5) is 0 Å². The lowest BCUT2D eigenvalue weighted by atomic mass is 10.2. The number of hydrogen-bond acceptors (Lipinski definition) is 4. The molecule has 3 rings (SSSR count). The third-order valence-electron chi connectivity index (χ3n) is 3.97. The van der Waals surface area contributed by atoms with E-state index in [1.54, 1.807) is 24.5 Å². The largest absolute Gasteiger partial charge is 0.464 e. The van der Waals surface area contributed by atoms with Crippen LogP contribution in [0.25, 0.3) is 16.3 Å². The van der Waals surface area contributed by atoms with E-state index >= 15 is 0 Å². The third-order valence-corrected chi connectivity index (χ3v) is 5.01. The van der Waals surface area contributed by atoms with Gasteiger partial charge < -0.3 is 9.30 Å². The van der Waals surface area contributed by atoms with Crippen LogP contribution < -0.4 is 4.80 Å². The minimum Gasteiger partial charge on any atom is -0.464 e. The highest BCUT2D eigenvalue weighted by Crippen LogP contribution is 2.21. The van der Waals surface area contributed by atoms with Crippen LogP contribution in [0.15, 0.2) is 65.7 Å². The summed E-state index contributed by atoms with van der Waals surface area (Å²) >= 11 is 1.37. The van der Waals surface area contributed by atoms with Crippen LogP contribution in [0, 0.1) is 0 Å². The first-order chi connectivity index (χ1) is 13.1. The Morgan fingerprint density at radius 3 is 2.59 bits per heavy atom. The lowest BCUT2D eigenvalue weighted by Gasteiger charge is -2.13. The Labute approximate surface area is 161 Å². The molecule has 1 amide bonds. The molecule has 1 unspecified atom stereocenters. The smallest absolute Gasteiger partial charge is 0.328 e. The Kier molecular flexibility index (Phi) is 5.98. The molecule has 1 atom stereocenters. The number of aromatic nitrogens is 1. The fourth-order valence-electron chi connectivity index (χ4n) is 2.68. The first-order valence-corrected chi connectivity index (χ1v) is 9.50. The fraction of sp³-hybridized carbons (Fsp3) is 0.190. The molecule has 0 N–H and O–H groups in total. The fourth-order valence-corrected chi connectivity index (χ4v) is 3.78. The van der Waals surface area contributed by atoms with Crippen LogP contribution in [0.1, 0.15) is 25.5 Å². The summed E-state index contributed by atoms with van der Waals surface area (Å²) in [5.41, 5.74) is 1.77. The van der Waals surface area contributed by atoms with E-state index in [9.17, 15) is 9.59 Å². The van der Waals surface area contributed by atoms with E-state index in [1.807, 2.05) is 54.6 Å².